The number of amides is 1. The molecular formula is C19H24N2O3S. The molecule has 0 saturated heterocycles. The molecule has 0 fully saturated rings. The van der Waals surface area contributed by atoms with E-state index in [4.69, 9.17) is 0 Å². The standard InChI is InChI=1S/C19H24N2O3S/c1-14-6-12-17(13-7-14)25(23,24)21(5)16-10-8-15(9-11-16)18(22)20-19(2,3)4/h6-13H,1-5H3,(H,20,22). The average molecular weight is 360 g/mol. The Bertz CT molecular complexity index is 849. The molecule has 0 spiro atoms. The van der Waals surface area contributed by atoms with Crippen LogP contribution in [0.5, 0.6) is 0 Å². The molecule has 0 radical (unpaired) electrons. The fraction of sp³-hybridized carbons (Fsp3) is 0.316. The summed E-state index contributed by atoms with van der Waals surface area (Å²) in [5.74, 6) is -0.192. The minimum atomic E-state index is -3.64. The maximum atomic E-state index is 12.7. The molecule has 0 aliphatic rings. The quantitative estimate of drug-likeness (QED) is 0.909. The van der Waals surface area contributed by atoms with Gasteiger partial charge < -0.3 is 5.32 Å². The van der Waals surface area contributed by atoms with Crippen LogP contribution < -0.4 is 9.62 Å². The van der Waals surface area contributed by atoms with Gasteiger partial charge in [-0.3, -0.25) is 9.10 Å². The lowest BCUT2D eigenvalue weighted by molar-refractivity contribution is 0.0919. The first-order valence-corrected chi connectivity index (χ1v) is 9.43. The average Bonchev–Trinajstić information content (AvgIpc) is 2.53. The van der Waals surface area contributed by atoms with Crippen molar-refractivity contribution in [2.24, 2.45) is 0 Å². The molecule has 2 rings (SSSR count). The fourth-order valence-electron chi connectivity index (χ4n) is 2.24. The zero-order valence-corrected chi connectivity index (χ0v) is 16.0. The SMILES string of the molecule is Cc1ccc(S(=O)(=O)N(C)c2ccc(C(=O)NC(C)(C)C)cc2)cc1. The van der Waals surface area contributed by atoms with E-state index in [2.05, 4.69) is 5.32 Å². The molecular weight excluding hydrogens is 336 g/mol. The van der Waals surface area contributed by atoms with Gasteiger partial charge in [0.2, 0.25) is 0 Å². The van der Waals surface area contributed by atoms with Crippen molar-refractivity contribution in [1.29, 1.82) is 0 Å². The summed E-state index contributed by atoms with van der Waals surface area (Å²) in [6.07, 6.45) is 0. The van der Waals surface area contributed by atoms with Crippen LogP contribution in [-0.2, 0) is 10.0 Å². The first-order valence-electron chi connectivity index (χ1n) is 7.99. The molecule has 1 amide bonds. The number of sulfonamides is 1. The highest BCUT2D eigenvalue weighted by atomic mass is 32.2. The lowest BCUT2D eigenvalue weighted by Gasteiger charge is -2.22. The van der Waals surface area contributed by atoms with Crippen molar-refractivity contribution in [3.63, 3.8) is 0 Å². The fourth-order valence-corrected chi connectivity index (χ4v) is 3.44. The van der Waals surface area contributed by atoms with Crippen LogP contribution in [0.2, 0.25) is 0 Å². The number of hydrogen-bond donors (Lipinski definition) is 1. The van der Waals surface area contributed by atoms with Crippen molar-refractivity contribution in [2.75, 3.05) is 11.4 Å². The molecule has 0 unspecified atom stereocenters. The van der Waals surface area contributed by atoms with E-state index in [0.29, 0.717) is 11.3 Å². The van der Waals surface area contributed by atoms with Crippen molar-refractivity contribution < 1.29 is 13.2 Å². The molecule has 134 valence electrons. The molecule has 0 atom stereocenters. The van der Waals surface area contributed by atoms with E-state index in [-0.39, 0.29) is 16.3 Å². The largest absolute Gasteiger partial charge is 0.347 e. The van der Waals surface area contributed by atoms with Crippen molar-refractivity contribution in [2.45, 2.75) is 38.1 Å². The van der Waals surface area contributed by atoms with Crippen molar-refractivity contribution in [1.82, 2.24) is 5.32 Å². The molecule has 0 saturated carbocycles. The van der Waals surface area contributed by atoms with Crippen LogP contribution >= 0.6 is 0 Å². The molecule has 0 aliphatic carbocycles. The summed E-state index contributed by atoms with van der Waals surface area (Å²) in [6.45, 7) is 7.62. The molecule has 0 aromatic heterocycles. The third kappa shape index (κ3) is 4.60. The Labute approximate surface area is 149 Å². The summed E-state index contributed by atoms with van der Waals surface area (Å²) < 4.78 is 26.6. The molecule has 6 heteroatoms. The second-order valence-electron chi connectivity index (χ2n) is 7.04. The van der Waals surface area contributed by atoms with Gasteiger partial charge in [-0.2, -0.15) is 0 Å². The summed E-state index contributed by atoms with van der Waals surface area (Å²) in [7, 11) is -2.14. The first kappa shape index (κ1) is 19.0. The van der Waals surface area contributed by atoms with E-state index >= 15 is 0 Å². The number of hydrogen-bond acceptors (Lipinski definition) is 3. The molecule has 5 nitrogen and oxygen atoms in total. The van der Waals surface area contributed by atoms with Crippen LogP contribution in [0, 0.1) is 6.92 Å². The lowest BCUT2D eigenvalue weighted by Crippen LogP contribution is -2.40. The highest BCUT2D eigenvalue weighted by Crippen LogP contribution is 2.22. The number of aryl methyl sites for hydroxylation is 1. The van der Waals surface area contributed by atoms with E-state index in [1.165, 1.54) is 11.4 Å². The van der Waals surface area contributed by atoms with Gasteiger partial charge in [0.05, 0.1) is 10.6 Å². The Balaban J connectivity index is 2.24. The zero-order valence-electron chi connectivity index (χ0n) is 15.2. The van der Waals surface area contributed by atoms with Crippen molar-refractivity contribution in [3.05, 3.63) is 59.7 Å². The predicted molar refractivity (Wildman–Crippen MR) is 100 cm³/mol. The summed E-state index contributed by atoms with van der Waals surface area (Å²) in [5.41, 5.74) is 1.64. The molecule has 0 bridgehead atoms. The third-order valence-electron chi connectivity index (χ3n) is 3.66. The Morgan fingerprint density at radius 1 is 0.960 bits per heavy atom. The van der Waals surface area contributed by atoms with Gasteiger partial charge in [-0.1, -0.05) is 17.7 Å². The monoisotopic (exact) mass is 360 g/mol. The minimum absolute atomic E-state index is 0.192. The van der Waals surface area contributed by atoms with Gasteiger partial charge in [-0.15, -0.1) is 0 Å². The van der Waals surface area contributed by atoms with Crippen LogP contribution in [0.1, 0.15) is 36.7 Å². The Morgan fingerprint density at radius 3 is 1.96 bits per heavy atom. The van der Waals surface area contributed by atoms with E-state index < -0.39 is 10.0 Å². The number of rotatable bonds is 4. The highest BCUT2D eigenvalue weighted by Gasteiger charge is 2.21. The van der Waals surface area contributed by atoms with Gasteiger partial charge in [0.25, 0.3) is 15.9 Å². The molecule has 1 N–H and O–H groups in total. The first-order chi connectivity index (χ1) is 11.5. The zero-order chi connectivity index (χ0) is 18.8. The van der Waals surface area contributed by atoms with Gasteiger partial charge >= 0.3 is 0 Å². The van der Waals surface area contributed by atoms with Crippen molar-refractivity contribution in [3.8, 4) is 0 Å². The molecule has 25 heavy (non-hydrogen) atoms. The van der Waals surface area contributed by atoms with Gasteiger partial charge in [0.1, 0.15) is 0 Å². The second kappa shape index (κ2) is 6.88. The number of nitrogens with one attached hydrogen (secondary N) is 1. The van der Waals surface area contributed by atoms with Crippen LogP contribution in [-0.4, -0.2) is 26.9 Å². The summed E-state index contributed by atoms with van der Waals surface area (Å²) in [5, 5.41) is 2.87. The van der Waals surface area contributed by atoms with Crippen LogP contribution in [0.15, 0.2) is 53.4 Å². The molecule has 0 aliphatic heterocycles. The number of carbonyl (C=O) groups excluding carboxylic acids is 1. The predicted octanol–water partition coefficient (Wildman–Crippen LogP) is 3.35. The minimum Gasteiger partial charge on any atom is -0.347 e. The number of carbonyl (C=O) groups is 1. The Hall–Kier alpha value is -2.34. The number of nitrogens with zero attached hydrogens (tertiary/aromatic N) is 1. The number of anilines is 1. The Morgan fingerprint density at radius 2 is 1.48 bits per heavy atom. The van der Waals surface area contributed by atoms with Crippen LogP contribution in [0.25, 0.3) is 0 Å². The lowest BCUT2D eigenvalue weighted by atomic mass is 10.1. The molecule has 2 aromatic carbocycles. The van der Waals surface area contributed by atoms with Gasteiger partial charge in [-0.25, -0.2) is 8.42 Å². The molecule has 2 aromatic rings. The van der Waals surface area contributed by atoms with Gasteiger partial charge in [0, 0.05) is 18.2 Å². The van der Waals surface area contributed by atoms with Crippen LogP contribution in [0.3, 0.4) is 0 Å². The maximum Gasteiger partial charge on any atom is 0.264 e. The summed E-state index contributed by atoms with van der Waals surface area (Å²) >= 11 is 0. The third-order valence-corrected chi connectivity index (χ3v) is 5.46. The van der Waals surface area contributed by atoms with Gasteiger partial charge in [-0.05, 0) is 64.1 Å². The smallest absolute Gasteiger partial charge is 0.264 e. The van der Waals surface area contributed by atoms with Gasteiger partial charge in [0.15, 0.2) is 0 Å². The number of benzene rings is 2. The van der Waals surface area contributed by atoms with E-state index in [9.17, 15) is 13.2 Å². The van der Waals surface area contributed by atoms with Crippen LogP contribution in [0.4, 0.5) is 5.69 Å². The van der Waals surface area contributed by atoms with E-state index in [1.807, 2.05) is 27.7 Å². The Kier molecular flexibility index (Phi) is 5.23. The topological polar surface area (TPSA) is 66.5 Å². The summed E-state index contributed by atoms with van der Waals surface area (Å²) in [4.78, 5) is 12.4. The van der Waals surface area contributed by atoms with E-state index in [1.54, 1.807) is 48.5 Å². The maximum absolute atomic E-state index is 12.7. The normalized spacial score (nSPS) is 11.9. The molecule has 0 heterocycles. The second-order valence-corrected chi connectivity index (χ2v) is 9.01. The van der Waals surface area contributed by atoms with E-state index in [0.717, 1.165) is 5.56 Å². The van der Waals surface area contributed by atoms with Crippen molar-refractivity contribution >= 4 is 21.6 Å². The highest BCUT2D eigenvalue weighted by molar-refractivity contribution is 7.92. The summed E-state index contributed by atoms with van der Waals surface area (Å²) in [6, 6.07) is 13.2.